The molecule has 1 saturated heterocycles. The zero-order chi connectivity index (χ0) is 20.4. The van der Waals surface area contributed by atoms with Crippen LogP contribution in [0.15, 0.2) is 35.7 Å². The van der Waals surface area contributed by atoms with E-state index in [-0.39, 0.29) is 48.7 Å². The fourth-order valence-electron chi connectivity index (χ4n) is 2.75. The van der Waals surface area contributed by atoms with E-state index in [4.69, 9.17) is 4.74 Å². The predicted octanol–water partition coefficient (Wildman–Crippen LogP) is 2.08. The lowest BCUT2D eigenvalue weighted by molar-refractivity contribution is -0.909. The minimum atomic E-state index is -0.806. The van der Waals surface area contributed by atoms with Crippen LogP contribution in [0.2, 0.25) is 0 Å². The SMILES string of the molecule is CC/C(O)=C(\C(=O)OCc1ccc([N+](=O)[O-])cc1)N1C(=O)CC1[N+](C)(C)C. The lowest BCUT2D eigenvalue weighted by Crippen LogP contribution is -2.66. The number of nitro groups is 1. The molecule has 0 aromatic heterocycles. The van der Waals surface area contributed by atoms with Gasteiger partial charge in [0.05, 0.1) is 26.1 Å². The summed E-state index contributed by atoms with van der Waals surface area (Å²) in [5.41, 5.74) is 0.349. The third-order valence-corrected chi connectivity index (χ3v) is 4.38. The van der Waals surface area contributed by atoms with Crippen molar-refractivity contribution < 1.29 is 28.8 Å². The molecular weight excluding hydrogens is 354 g/mol. The molecule has 0 spiro atoms. The minimum absolute atomic E-state index is 0.0637. The molecule has 146 valence electrons. The van der Waals surface area contributed by atoms with Crippen molar-refractivity contribution >= 4 is 17.6 Å². The Hall–Kier alpha value is -2.94. The quantitative estimate of drug-likeness (QED) is 0.148. The lowest BCUT2D eigenvalue weighted by atomic mass is 10.0. The molecule has 1 aliphatic rings. The van der Waals surface area contributed by atoms with Crippen LogP contribution in [0.1, 0.15) is 25.3 Å². The Morgan fingerprint density at radius 3 is 2.37 bits per heavy atom. The van der Waals surface area contributed by atoms with Crippen molar-refractivity contribution in [2.24, 2.45) is 0 Å². The van der Waals surface area contributed by atoms with Crippen LogP contribution in [0.5, 0.6) is 0 Å². The van der Waals surface area contributed by atoms with Crippen LogP contribution in [0.25, 0.3) is 0 Å². The molecule has 1 fully saturated rings. The maximum Gasteiger partial charge on any atom is 0.359 e. The Labute approximate surface area is 157 Å². The van der Waals surface area contributed by atoms with E-state index in [9.17, 15) is 24.8 Å². The summed E-state index contributed by atoms with van der Waals surface area (Å²) < 4.78 is 5.67. The molecule has 9 heteroatoms. The summed E-state index contributed by atoms with van der Waals surface area (Å²) in [4.78, 5) is 36.2. The number of nitro benzene ring substituents is 1. The molecule has 0 radical (unpaired) electrons. The van der Waals surface area contributed by atoms with Gasteiger partial charge in [0.15, 0.2) is 11.9 Å². The summed E-state index contributed by atoms with van der Waals surface area (Å²) in [6.45, 7) is 1.54. The van der Waals surface area contributed by atoms with Crippen LogP contribution in [0.4, 0.5) is 5.69 Å². The minimum Gasteiger partial charge on any atom is -0.510 e. The van der Waals surface area contributed by atoms with Crippen LogP contribution >= 0.6 is 0 Å². The first-order valence-corrected chi connectivity index (χ1v) is 8.52. The molecule has 1 amide bonds. The molecule has 1 aliphatic heterocycles. The van der Waals surface area contributed by atoms with E-state index in [1.807, 2.05) is 21.1 Å². The van der Waals surface area contributed by atoms with Gasteiger partial charge in [-0.1, -0.05) is 6.92 Å². The van der Waals surface area contributed by atoms with Crippen molar-refractivity contribution in [3.05, 3.63) is 51.4 Å². The van der Waals surface area contributed by atoms with Gasteiger partial charge < -0.3 is 14.3 Å². The molecule has 1 aromatic rings. The number of esters is 1. The second-order valence-electron chi connectivity index (χ2n) is 7.21. The number of benzene rings is 1. The van der Waals surface area contributed by atoms with E-state index in [1.165, 1.54) is 29.2 Å². The van der Waals surface area contributed by atoms with E-state index < -0.39 is 10.9 Å². The number of aliphatic hydroxyl groups is 1. The summed E-state index contributed by atoms with van der Waals surface area (Å²) in [5.74, 6) is -1.27. The van der Waals surface area contributed by atoms with Crippen molar-refractivity contribution in [2.45, 2.75) is 32.5 Å². The molecule has 1 atom stereocenters. The highest BCUT2D eigenvalue weighted by atomic mass is 16.6. The highest BCUT2D eigenvalue weighted by molar-refractivity contribution is 5.97. The summed E-state index contributed by atoms with van der Waals surface area (Å²) >= 11 is 0. The molecule has 9 nitrogen and oxygen atoms in total. The number of rotatable bonds is 7. The van der Waals surface area contributed by atoms with Gasteiger partial charge in [0, 0.05) is 18.6 Å². The first kappa shape index (κ1) is 20.4. The molecule has 2 rings (SSSR count). The second kappa shape index (κ2) is 7.75. The predicted molar refractivity (Wildman–Crippen MR) is 96.1 cm³/mol. The average Bonchev–Trinajstić information content (AvgIpc) is 2.60. The normalized spacial score (nSPS) is 17.9. The van der Waals surface area contributed by atoms with Crippen LogP contribution in [-0.4, -0.2) is 58.6 Å². The smallest absolute Gasteiger partial charge is 0.359 e. The fourth-order valence-corrected chi connectivity index (χ4v) is 2.75. The van der Waals surface area contributed by atoms with E-state index in [2.05, 4.69) is 0 Å². The lowest BCUT2D eigenvalue weighted by Gasteiger charge is -2.47. The monoisotopic (exact) mass is 378 g/mol. The third-order valence-electron chi connectivity index (χ3n) is 4.38. The summed E-state index contributed by atoms with van der Waals surface area (Å²) in [6.07, 6.45) is 0.183. The number of carbonyl (C=O) groups is 2. The van der Waals surface area contributed by atoms with Crippen molar-refractivity contribution in [1.82, 2.24) is 4.90 Å². The Kier molecular flexibility index (Phi) is 5.85. The maximum absolute atomic E-state index is 12.6. The molecule has 1 N–H and O–H groups in total. The Morgan fingerprint density at radius 1 is 1.33 bits per heavy atom. The van der Waals surface area contributed by atoms with Gasteiger partial charge >= 0.3 is 5.97 Å². The van der Waals surface area contributed by atoms with E-state index in [1.54, 1.807) is 6.92 Å². The number of amides is 1. The number of quaternary nitrogens is 1. The number of β-lactam (4-membered cyclic amide) rings is 1. The van der Waals surface area contributed by atoms with Gasteiger partial charge in [0.25, 0.3) is 5.69 Å². The third kappa shape index (κ3) is 4.43. The van der Waals surface area contributed by atoms with E-state index >= 15 is 0 Å². The largest absolute Gasteiger partial charge is 0.510 e. The Bertz CT molecular complexity index is 779. The highest BCUT2D eigenvalue weighted by Crippen LogP contribution is 2.31. The van der Waals surface area contributed by atoms with Crippen LogP contribution in [-0.2, 0) is 20.9 Å². The zero-order valence-electron chi connectivity index (χ0n) is 15.8. The standard InChI is InChI=1S/C18H23N3O6/c1-5-14(22)17(19-15(10-16(19)23)21(2,3)4)18(24)27-11-12-6-8-13(9-7-12)20(25)26/h6-9,15H,5,10-11H2,1-4H3/p+1. The maximum atomic E-state index is 12.6. The molecule has 1 heterocycles. The van der Waals surface area contributed by atoms with Gasteiger partial charge in [-0.2, -0.15) is 0 Å². The summed E-state index contributed by atoms with van der Waals surface area (Å²) in [6, 6.07) is 5.60. The van der Waals surface area contributed by atoms with Crippen LogP contribution < -0.4 is 0 Å². The molecule has 27 heavy (non-hydrogen) atoms. The molecule has 0 bridgehead atoms. The Balaban J connectivity index is 2.17. The van der Waals surface area contributed by atoms with Gasteiger partial charge in [-0.05, 0) is 17.7 Å². The highest BCUT2D eigenvalue weighted by Gasteiger charge is 2.50. The van der Waals surface area contributed by atoms with Crippen molar-refractivity contribution in [3.63, 3.8) is 0 Å². The Morgan fingerprint density at radius 2 is 1.93 bits per heavy atom. The van der Waals surface area contributed by atoms with Crippen molar-refractivity contribution in [3.8, 4) is 0 Å². The second-order valence-corrected chi connectivity index (χ2v) is 7.21. The first-order chi connectivity index (χ1) is 12.6. The zero-order valence-corrected chi connectivity index (χ0v) is 15.8. The summed E-state index contributed by atoms with van der Waals surface area (Å²) in [5, 5.41) is 20.9. The molecule has 1 aromatic carbocycles. The van der Waals surface area contributed by atoms with Gasteiger partial charge in [0.1, 0.15) is 18.8 Å². The van der Waals surface area contributed by atoms with E-state index in [0.717, 1.165) is 0 Å². The fraction of sp³-hybridized carbons (Fsp3) is 0.444. The summed E-state index contributed by atoms with van der Waals surface area (Å²) in [7, 11) is 5.69. The average molecular weight is 378 g/mol. The topological polar surface area (TPSA) is 110 Å². The molecule has 1 unspecified atom stereocenters. The van der Waals surface area contributed by atoms with Gasteiger partial charge in [-0.15, -0.1) is 0 Å². The number of hydrogen-bond acceptors (Lipinski definition) is 6. The molecule has 0 saturated carbocycles. The number of likely N-dealkylation sites (tertiary alicyclic amines) is 1. The van der Waals surface area contributed by atoms with Gasteiger partial charge in [-0.25, -0.2) is 4.79 Å². The molecule has 0 aliphatic carbocycles. The van der Waals surface area contributed by atoms with Crippen molar-refractivity contribution in [1.29, 1.82) is 0 Å². The number of aliphatic hydroxyl groups excluding tert-OH is 1. The number of carbonyl (C=O) groups excluding carboxylic acids is 2. The van der Waals surface area contributed by atoms with E-state index in [0.29, 0.717) is 10.0 Å². The van der Waals surface area contributed by atoms with Gasteiger partial charge in [0.2, 0.25) is 5.91 Å². The number of hydrogen-bond donors (Lipinski definition) is 1. The van der Waals surface area contributed by atoms with Crippen molar-refractivity contribution in [2.75, 3.05) is 21.1 Å². The number of nitrogens with zero attached hydrogens (tertiary/aromatic N) is 3. The number of ether oxygens (including phenoxy) is 1. The number of allylic oxidation sites excluding steroid dienone is 1. The molecular formula is C18H24N3O6+. The van der Waals surface area contributed by atoms with Crippen LogP contribution in [0.3, 0.4) is 0 Å². The van der Waals surface area contributed by atoms with Gasteiger partial charge in [-0.3, -0.25) is 19.8 Å². The first-order valence-electron chi connectivity index (χ1n) is 8.52. The van der Waals surface area contributed by atoms with Crippen LogP contribution in [0, 0.1) is 10.1 Å². The number of non-ortho nitro benzene ring substituents is 1.